The van der Waals surface area contributed by atoms with E-state index < -0.39 is 17.5 Å². The van der Waals surface area contributed by atoms with Crippen molar-refractivity contribution in [2.24, 2.45) is 11.8 Å². The van der Waals surface area contributed by atoms with Gasteiger partial charge in [-0.2, -0.15) is 0 Å². The Balaban J connectivity index is 2.00. The third kappa shape index (κ3) is 3.87. The van der Waals surface area contributed by atoms with Crippen LogP contribution >= 0.6 is 11.6 Å². The van der Waals surface area contributed by atoms with Gasteiger partial charge in [0.15, 0.2) is 11.5 Å². The number of phenols is 2. The maximum atomic E-state index is 12.5. The second-order valence-corrected chi connectivity index (χ2v) is 6.97. The Morgan fingerprint density at radius 2 is 1.96 bits per heavy atom. The number of carbonyl (C=O) groups is 2. The highest BCUT2D eigenvalue weighted by Gasteiger charge is 2.36. The Labute approximate surface area is 150 Å². The van der Waals surface area contributed by atoms with E-state index in [2.05, 4.69) is 6.08 Å². The van der Waals surface area contributed by atoms with Crippen LogP contribution in [0.15, 0.2) is 30.4 Å². The molecule has 1 aliphatic carbocycles. The standard InChI is InChI=1S/C19H19ClO5/c1-10-6-12-7-11(12)4-2-3-5-14(21)8-13-9-15(22)17(20)18(23)16(13)19(24)25-10/h2-5,9-12,22-23H,6-8H2,1H3/b4-2-,5-3+/t10?,11?,12-/m0/s1. The summed E-state index contributed by atoms with van der Waals surface area (Å²) in [5.74, 6) is -1.08. The first-order valence-corrected chi connectivity index (χ1v) is 8.56. The van der Waals surface area contributed by atoms with Crippen molar-refractivity contribution in [3.05, 3.63) is 46.5 Å². The molecule has 1 aliphatic heterocycles. The van der Waals surface area contributed by atoms with Crippen molar-refractivity contribution in [2.75, 3.05) is 0 Å². The molecule has 3 rings (SSSR count). The Morgan fingerprint density at radius 1 is 1.20 bits per heavy atom. The fourth-order valence-corrected chi connectivity index (χ4v) is 3.31. The fourth-order valence-electron chi connectivity index (χ4n) is 3.16. The highest BCUT2D eigenvalue weighted by Crippen LogP contribution is 2.44. The Bertz CT molecular complexity index is 781. The van der Waals surface area contributed by atoms with Gasteiger partial charge in [0, 0.05) is 6.42 Å². The van der Waals surface area contributed by atoms with Gasteiger partial charge in [-0.25, -0.2) is 4.79 Å². The van der Waals surface area contributed by atoms with Gasteiger partial charge in [-0.3, -0.25) is 4.79 Å². The fraction of sp³-hybridized carbons (Fsp3) is 0.368. The molecule has 25 heavy (non-hydrogen) atoms. The molecule has 132 valence electrons. The summed E-state index contributed by atoms with van der Waals surface area (Å²) in [5, 5.41) is 19.7. The number of esters is 1. The molecule has 1 heterocycles. The Morgan fingerprint density at radius 3 is 2.72 bits per heavy atom. The Kier molecular flexibility index (Phi) is 4.86. The minimum Gasteiger partial charge on any atom is -0.506 e. The number of benzene rings is 1. The highest BCUT2D eigenvalue weighted by molar-refractivity contribution is 6.34. The molecule has 1 saturated carbocycles. The van der Waals surface area contributed by atoms with E-state index in [1.165, 1.54) is 12.1 Å². The summed E-state index contributed by atoms with van der Waals surface area (Å²) in [6, 6.07) is 1.22. The second kappa shape index (κ2) is 6.92. The number of hydrogen-bond acceptors (Lipinski definition) is 5. The summed E-state index contributed by atoms with van der Waals surface area (Å²) in [5.41, 5.74) is 0.00735. The molecule has 3 atom stereocenters. The largest absolute Gasteiger partial charge is 0.506 e. The number of halogens is 1. The molecule has 5 nitrogen and oxygen atoms in total. The number of allylic oxidation sites excluding steroid dienone is 4. The zero-order valence-electron chi connectivity index (χ0n) is 13.7. The molecular weight excluding hydrogens is 344 g/mol. The summed E-state index contributed by atoms with van der Waals surface area (Å²) >= 11 is 5.84. The van der Waals surface area contributed by atoms with Crippen LogP contribution in [-0.4, -0.2) is 28.1 Å². The Hall–Kier alpha value is -2.27. The first-order valence-electron chi connectivity index (χ1n) is 8.18. The second-order valence-electron chi connectivity index (χ2n) is 6.59. The van der Waals surface area contributed by atoms with Crippen molar-refractivity contribution >= 4 is 23.4 Å². The quantitative estimate of drug-likeness (QED) is 0.689. The van der Waals surface area contributed by atoms with Gasteiger partial charge >= 0.3 is 5.97 Å². The molecule has 2 aliphatic rings. The maximum Gasteiger partial charge on any atom is 0.342 e. The van der Waals surface area contributed by atoms with Crippen molar-refractivity contribution in [3.8, 4) is 11.5 Å². The predicted octanol–water partition coefficient (Wildman–Crippen LogP) is 3.56. The van der Waals surface area contributed by atoms with Crippen LogP contribution in [0.5, 0.6) is 11.5 Å². The smallest absolute Gasteiger partial charge is 0.342 e. The predicted molar refractivity (Wildman–Crippen MR) is 92.9 cm³/mol. The first-order chi connectivity index (χ1) is 11.9. The third-order valence-corrected chi connectivity index (χ3v) is 4.91. The number of fused-ring (bicyclic) bond motifs is 2. The summed E-state index contributed by atoms with van der Waals surface area (Å²) in [4.78, 5) is 24.6. The normalized spacial score (nSPS) is 29.0. The third-order valence-electron chi connectivity index (χ3n) is 4.54. The lowest BCUT2D eigenvalue weighted by atomic mass is 10.00. The average Bonchev–Trinajstić information content (AvgIpc) is 3.26. The lowest BCUT2D eigenvalue weighted by Gasteiger charge is -2.17. The highest BCUT2D eigenvalue weighted by atomic mass is 35.5. The summed E-state index contributed by atoms with van der Waals surface area (Å²) in [6.45, 7) is 1.80. The van der Waals surface area contributed by atoms with Gasteiger partial charge in [0.1, 0.15) is 16.3 Å². The number of ether oxygens (including phenoxy) is 1. The van der Waals surface area contributed by atoms with Gasteiger partial charge in [-0.15, -0.1) is 0 Å². The molecule has 1 aromatic carbocycles. The van der Waals surface area contributed by atoms with Crippen molar-refractivity contribution < 1.29 is 24.5 Å². The van der Waals surface area contributed by atoms with Crippen LogP contribution in [0.1, 0.15) is 35.7 Å². The molecular formula is C19H19ClO5. The van der Waals surface area contributed by atoms with Crippen LogP contribution in [0.25, 0.3) is 0 Å². The number of ketones is 1. The summed E-state index contributed by atoms with van der Waals surface area (Å²) in [6.07, 6.45) is 8.24. The van der Waals surface area contributed by atoms with E-state index >= 15 is 0 Å². The van der Waals surface area contributed by atoms with Gasteiger partial charge in [0.25, 0.3) is 0 Å². The van der Waals surface area contributed by atoms with Crippen LogP contribution in [-0.2, 0) is 16.0 Å². The number of aromatic hydroxyl groups is 2. The zero-order chi connectivity index (χ0) is 18.1. The zero-order valence-corrected chi connectivity index (χ0v) is 14.5. The monoisotopic (exact) mass is 362 g/mol. The van der Waals surface area contributed by atoms with Gasteiger partial charge in [0.05, 0.1) is 6.10 Å². The molecule has 1 fully saturated rings. The van der Waals surface area contributed by atoms with E-state index in [0.717, 1.165) is 12.8 Å². The summed E-state index contributed by atoms with van der Waals surface area (Å²) in [7, 11) is 0. The lowest BCUT2D eigenvalue weighted by Crippen LogP contribution is -2.18. The van der Waals surface area contributed by atoms with E-state index in [-0.39, 0.29) is 34.5 Å². The number of phenolic OH excluding ortho intramolecular Hbond substituents is 2. The first kappa shape index (κ1) is 17.5. The van der Waals surface area contributed by atoms with Gasteiger partial charge < -0.3 is 14.9 Å². The van der Waals surface area contributed by atoms with Crippen LogP contribution in [0.4, 0.5) is 0 Å². The molecule has 0 radical (unpaired) electrons. The minimum absolute atomic E-state index is 0.159. The van der Waals surface area contributed by atoms with Crippen LogP contribution < -0.4 is 0 Å². The van der Waals surface area contributed by atoms with E-state index in [1.54, 1.807) is 13.0 Å². The number of rotatable bonds is 0. The molecule has 0 spiro atoms. The summed E-state index contributed by atoms with van der Waals surface area (Å²) < 4.78 is 5.44. The van der Waals surface area contributed by atoms with Crippen molar-refractivity contribution in [1.82, 2.24) is 0 Å². The van der Waals surface area contributed by atoms with Crippen molar-refractivity contribution in [3.63, 3.8) is 0 Å². The molecule has 6 heteroatoms. The average molecular weight is 363 g/mol. The van der Waals surface area contributed by atoms with E-state index in [9.17, 15) is 19.8 Å². The topological polar surface area (TPSA) is 83.8 Å². The van der Waals surface area contributed by atoms with Crippen LogP contribution in [0.3, 0.4) is 0 Å². The van der Waals surface area contributed by atoms with Gasteiger partial charge in [-0.05, 0) is 49.3 Å². The molecule has 1 aromatic rings. The molecule has 0 saturated heterocycles. The van der Waals surface area contributed by atoms with Crippen LogP contribution in [0, 0.1) is 11.8 Å². The van der Waals surface area contributed by atoms with E-state index in [1.807, 2.05) is 6.08 Å². The van der Waals surface area contributed by atoms with E-state index in [0.29, 0.717) is 11.8 Å². The minimum atomic E-state index is -0.747. The molecule has 0 amide bonds. The van der Waals surface area contributed by atoms with Crippen molar-refractivity contribution in [1.29, 1.82) is 0 Å². The molecule has 2 N–H and O–H groups in total. The molecule has 2 unspecified atom stereocenters. The van der Waals surface area contributed by atoms with Crippen molar-refractivity contribution in [2.45, 2.75) is 32.3 Å². The van der Waals surface area contributed by atoms with Gasteiger partial charge in [-0.1, -0.05) is 29.8 Å². The number of hydrogen-bond donors (Lipinski definition) is 2. The van der Waals surface area contributed by atoms with Crippen LogP contribution in [0.2, 0.25) is 5.02 Å². The molecule has 0 bridgehead atoms. The SMILES string of the molecule is CC1C[C@H]2CC2/C=C\C=C\C(=O)Cc2cc(O)c(Cl)c(O)c2C(=O)O1. The van der Waals surface area contributed by atoms with Gasteiger partial charge in [0.2, 0.25) is 0 Å². The maximum absolute atomic E-state index is 12.5. The lowest BCUT2D eigenvalue weighted by molar-refractivity contribution is -0.114. The molecule has 0 aromatic heterocycles. The number of cyclic esters (lactones) is 1. The number of carbonyl (C=O) groups excluding carboxylic acids is 2. The van der Waals surface area contributed by atoms with E-state index in [4.69, 9.17) is 16.3 Å².